The Balaban J connectivity index is 1.57. The van der Waals surface area contributed by atoms with Gasteiger partial charge in [0.2, 0.25) is 5.88 Å². The molecule has 1 aliphatic rings. The molecule has 5 nitrogen and oxygen atoms in total. The van der Waals surface area contributed by atoms with Gasteiger partial charge in [0.15, 0.2) is 5.78 Å². The highest BCUT2D eigenvalue weighted by Crippen LogP contribution is 2.35. The van der Waals surface area contributed by atoms with Crippen LogP contribution in [0.25, 0.3) is 0 Å². The minimum atomic E-state index is 0.107. The van der Waals surface area contributed by atoms with Crippen molar-refractivity contribution in [3.63, 3.8) is 0 Å². The minimum absolute atomic E-state index is 0.107. The Morgan fingerprint density at radius 1 is 1.14 bits per heavy atom. The van der Waals surface area contributed by atoms with Crippen molar-refractivity contribution < 1.29 is 14.3 Å². The van der Waals surface area contributed by atoms with Gasteiger partial charge in [-0.1, -0.05) is 19.1 Å². The number of rotatable bonds is 5. The molecule has 0 bridgehead atoms. The summed E-state index contributed by atoms with van der Waals surface area (Å²) in [6.07, 6.45) is 3.58. The molecule has 2 aromatic carbocycles. The second-order valence-electron chi connectivity index (χ2n) is 6.92. The zero-order valence-electron chi connectivity index (χ0n) is 16.1. The molecule has 0 atom stereocenters. The standard InChI is InChI=1S/C24H20N2O3/c1-2-19-13-20-21(27)8-10-28-23(20)14-22(19)29-24-12-18(7-9-26-24)11-16-3-5-17(15-25)6-4-16/h3-7,9,12-14H,2,8,10-11H2,1H3. The predicted molar refractivity (Wildman–Crippen MR) is 109 cm³/mol. The van der Waals surface area contributed by atoms with E-state index in [1.54, 1.807) is 12.3 Å². The van der Waals surface area contributed by atoms with Crippen LogP contribution in [-0.4, -0.2) is 17.4 Å². The summed E-state index contributed by atoms with van der Waals surface area (Å²) in [4.78, 5) is 16.5. The molecule has 4 rings (SSSR count). The van der Waals surface area contributed by atoms with Gasteiger partial charge in [-0.2, -0.15) is 5.26 Å². The SMILES string of the molecule is CCc1cc2c(cc1Oc1cc(Cc3ccc(C#N)cc3)ccn1)OCCC2=O. The van der Waals surface area contributed by atoms with E-state index >= 15 is 0 Å². The maximum Gasteiger partial charge on any atom is 0.219 e. The lowest BCUT2D eigenvalue weighted by molar-refractivity contribution is 0.0933. The number of carbonyl (C=O) groups is 1. The Bertz CT molecular complexity index is 1100. The van der Waals surface area contributed by atoms with Crippen molar-refractivity contribution >= 4 is 5.78 Å². The van der Waals surface area contributed by atoms with Crippen molar-refractivity contribution in [1.29, 1.82) is 5.26 Å². The van der Waals surface area contributed by atoms with E-state index in [1.165, 1.54) is 0 Å². The van der Waals surface area contributed by atoms with Crippen molar-refractivity contribution in [3.8, 4) is 23.4 Å². The number of aromatic nitrogens is 1. The summed E-state index contributed by atoms with van der Waals surface area (Å²) >= 11 is 0. The highest BCUT2D eigenvalue weighted by molar-refractivity contribution is 6.00. The summed E-state index contributed by atoms with van der Waals surface area (Å²) in [7, 11) is 0. The molecule has 29 heavy (non-hydrogen) atoms. The second-order valence-corrected chi connectivity index (χ2v) is 6.92. The summed E-state index contributed by atoms with van der Waals surface area (Å²) in [5, 5.41) is 8.92. The van der Waals surface area contributed by atoms with Crippen LogP contribution in [0.3, 0.4) is 0 Å². The number of hydrogen-bond donors (Lipinski definition) is 0. The average Bonchev–Trinajstić information content (AvgIpc) is 2.74. The van der Waals surface area contributed by atoms with Gasteiger partial charge in [0.25, 0.3) is 0 Å². The molecule has 0 spiro atoms. The van der Waals surface area contributed by atoms with Crippen molar-refractivity contribution in [2.45, 2.75) is 26.2 Å². The molecule has 0 radical (unpaired) electrons. The number of ether oxygens (including phenoxy) is 2. The lowest BCUT2D eigenvalue weighted by Crippen LogP contribution is -2.15. The topological polar surface area (TPSA) is 72.2 Å². The first-order chi connectivity index (χ1) is 14.2. The Morgan fingerprint density at radius 3 is 2.72 bits per heavy atom. The molecule has 1 aromatic heterocycles. The van der Waals surface area contributed by atoms with Crippen LogP contribution in [0.1, 0.15) is 46.0 Å². The number of Topliss-reactive ketones (excluding diaryl/α,β-unsaturated/α-hetero) is 1. The molecule has 0 saturated carbocycles. The van der Waals surface area contributed by atoms with Gasteiger partial charge in [-0.05, 0) is 53.8 Å². The zero-order valence-corrected chi connectivity index (χ0v) is 16.1. The van der Waals surface area contributed by atoms with Crippen LogP contribution in [0.15, 0.2) is 54.7 Å². The van der Waals surface area contributed by atoms with Gasteiger partial charge in [0.05, 0.1) is 23.8 Å². The number of nitriles is 1. The molecule has 0 fully saturated rings. The number of nitrogens with zero attached hydrogens (tertiary/aromatic N) is 2. The van der Waals surface area contributed by atoms with Gasteiger partial charge in [-0.15, -0.1) is 0 Å². The van der Waals surface area contributed by atoms with Crippen molar-refractivity contribution in [1.82, 2.24) is 4.98 Å². The van der Waals surface area contributed by atoms with Crippen LogP contribution in [0, 0.1) is 11.3 Å². The van der Waals surface area contributed by atoms with Crippen LogP contribution in [0.2, 0.25) is 0 Å². The quantitative estimate of drug-likeness (QED) is 0.628. The number of pyridine rings is 1. The van der Waals surface area contributed by atoms with Gasteiger partial charge >= 0.3 is 0 Å². The monoisotopic (exact) mass is 384 g/mol. The van der Waals surface area contributed by atoms with Gasteiger partial charge in [0, 0.05) is 24.8 Å². The maximum absolute atomic E-state index is 12.1. The highest BCUT2D eigenvalue weighted by Gasteiger charge is 2.21. The van der Waals surface area contributed by atoms with Crippen molar-refractivity contribution in [2.24, 2.45) is 0 Å². The number of fused-ring (bicyclic) bond motifs is 1. The van der Waals surface area contributed by atoms with E-state index in [2.05, 4.69) is 11.1 Å². The van der Waals surface area contributed by atoms with Crippen molar-refractivity contribution in [3.05, 3.63) is 82.5 Å². The fraction of sp³-hybridized carbons (Fsp3) is 0.208. The van der Waals surface area contributed by atoms with E-state index in [-0.39, 0.29) is 5.78 Å². The molecular weight excluding hydrogens is 364 g/mol. The maximum atomic E-state index is 12.1. The molecule has 0 N–H and O–H groups in total. The first kappa shape index (κ1) is 18.7. The zero-order chi connectivity index (χ0) is 20.2. The van der Waals surface area contributed by atoms with Crippen LogP contribution in [-0.2, 0) is 12.8 Å². The third kappa shape index (κ3) is 4.12. The van der Waals surface area contributed by atoms with Gasteiger partial charge in [-0.25, -0.2) is 4.98 Å². The normalized spacial score (nSPS) is 12.6. The largest absolute Gasteiger partial charge is 0.492 e. The van der Waals surface area contributed by atoms with E-state index in [4.69, 9.17) is 14.7 Å². The summed E-state index contributed by atoms with van der Waals surface area (Å²) in [5.74, 6) is 1.83. The van der Waals surface area contributed by atoms with Gasteiger partial charge in [0.1, 0.15) is 11.5 Å². The Hall–Kier alpha value is -3.65. The summed E-state index contributed by atoms with van der Waals surface area (Å²) in [5.41, 5.74) is 4.39. The molecule has 0 unspecified atom stereocenters. The highest BCUT2D eigenvalue weighted by atomic mass is 16.5. The molecule has 5 heteroatoms. The van der Waals surface area contributed by atoms with E-state index in [1.807, 2.05) is 49.4 Å². The van der Waals surface area contributed by atoms with E-state index in [9.17, 15) is 4.79 Å². The summed E-state index contributed by atoms with van der Waals surface area (Å²) in [6, 6.07) is 17.2. The van der Waals surface area contributed by atoms with Gasteiger partial charge < -0.3 is 9.47 Å². The van der Waals surface area contributed by atoms with Crippen LogP contribution in [0.5, 0.6) is 17.4 Å². The van der Waals surface area contributed by atoms with Gasteiger partial charge in [-0.3, -0.25) is 4.79 Å². The van der Waals surface area contributed by atoms with Crippen LogP contribution in [0.4, 0.5) is 0 Å². The summed E-state index contributed by atoms with van der Waals surface area (Å²) in [6.45, 7) is 2.42. The summed E-state index contributed by atoms with van der Waals surface area (Å²) < 4.78 is 11.7. The molecule has 1 aliphatic heterocycles. The van der Waals surface area contributed by atoms with Crippen molar-refractivity contribution in [2.75, 3.05) is 6.61 Å². The smallest absolute Gasteiger partial charge is 0.219 e. The Kier molecular flexibility index (Phi) is 5.26. The third-order valence-electron chi connectivity index (χ3n) is 4.94. The lowest BCUT2D eigenvalue weighted by atomic mass is 10.00. The first-order valence-corrected chi connectivity index (χ1v) is 9.61. The Morgan fingerprint density at radius 2 is 1.97 bits per heavy atom. The fourth-order valence-electron chi connectivity index (χ4n) is 3.36. The molecule has 144 valence electrons. The number of carbonyl (C=O) groups excluding carboxylic acids is 1. The molecule has 3 aromatic rings. The predicted octanol–water partition coefficient (Wildman–Crippen LogP) is 4.86. The molecule has 0 aliphatic carbocycles. The lowest BCUT2D eigenvalue weighted by Gasteiger charge is -2.19. The minimum Gasteiger partial charge on any atom is -0.492 e. The average molecular weight is 384 g/mol. The van der Waals surface area contributed by atoms with E-state index in [0.717, 1.165) is 23.1 Å². The first-order valence-electron chi connectivity index (χ1n) is 9.61. The number of hydrogen-bond acceptors (Lipinski definition) is 5. The molecule has 0 saturated heterocycles. The molecular formula is C24H20N2O3. The van der Waals surface area contributed by atoms with Crippen LogP contribution >= 0.6 is 0 Å². The van der Waals surface area contributed by atoms with E-state index < -0.39 is 0 Å². The number of aryl methyl sites for hydroxylation is 1. The number of ketones is 1. The fourth-order valence-corrected chi connectivity index (χ4v) is 3.36. The second kappa shape index (κ2) is 8.15. The molecule has 0 amide bonds. The van der Waals surface area contributed by atoms with E-state index in [0.29, 0.717) is 48.0 Å². The third-order valence-corrected chi connectivity index (χ3v) is 4.94. The Labute approximate surface area is 169 Å². The number of benzene rings is 2. The molecule has 2 heterocycles. The van der Waals surface area contributed by atoms with Crippen LogP contribution < -0.4 is 9.47 Å².